The van der Waals surface area contributed by atoms with E-state index in [1.165, 1.54) is 36.4 Å². The Kier molecular flexibility index (Phi) is 6.64. The second-order valence-electron chi connectivity index (χ2n) is 6.77. The fourth-order valence-electron chi connectivity index (χ4n) is 3.05. The predicted octanol–water partition coefficient (Wildman–Crippen LogP) is 2.74. The first-order valence-electron chi connectivity index (χ1n) is 9.19. The van der Waals surface area contributed by atoms with E-state index in [0.29, 0.717) is 5.75 Å². The maximum atomic E-state index is 12.8. The van der Waals surface area contributed by atoms with Gasteiger partial charge in [-0.2, -0.15) is 0 Å². The Hall–Kier alpha value is -2.45. The lowest BCUT2D eigenvalue weighted by Gasteiger charge is -2.13. The Balaban J connectivity index is 1.47. The number of hydrogen-bond acceptors (Lipinski definition) is 4. The Morgan fingerprint density at radius 3 is 2.32 bits per heavy atom. The molecule has 0 bridgehead atoms. The normalized spacial score (nSPS) is 14.8. The third kappa shape index (κ3) is 5.77. The molecule has 2 aromatic carbocycles. The predicted molar refractivity (Wildman–Crippen MR) is 103 cm³/mol. The zero-order valence-electron chi connectivity index (χ0n) is 15.4. The molecular formula is C20H23FN2O4S. The molecule has 150 valence electrons. The molecule has 1 aliphatic rings. The lowest BCUT2D eigenvalue weighted by molar-refractivity contribution is -0.123. The van der Waals surface area contributed by atoms with Gasteiger partial charge in [-0.15, -0.1) is 0 Å². The van der Waals surface area contributed by atoms with Gasteiger partial charge in [0, 0.05) is 12.6 Å². The zero-order chi connectivity index (χ0) is 20.0. The summed E-state index contributed by atoms with van der Waals surface area (Å²) in [6.45, 7) is 0.0695. The molecule has 0 unspecified atom stereocenters. The molecule has 3 rings (SSSR count). The summed E-state index contributed by atoms with van der Waals surface area (Å²) in [5.74, 6) is -0.261. The molecule has 0 saturated heterocycles. The van der Waals surface area contributed by atoms with Crippen molar-refractivity contribution < 1.29 is 22.3 Å². The van der Waals surface area contributed by atoms with Crippen LogP contribution in [0.25, 0.3) is 0 Å². The second-order valence-corrected chi connectivity index (χ2v) is 8.48. The van der Waals surface area contributed by atoms with Gasteiger partial charge in [0.2, 0.25) is 10.0 Å². The van der Waals surface area contributed by atoms with Crippen LogP contribution >= 0.6 is 0 Å². The Bertz CT molecular complexity index is 893. The van der Waals surface area contributed by atoms with Gasteiger partial charge >= 0.3 is 0 Å². The average Bonchev–Trinajstić information content (AvgIpc) is 3.18. The molecule has 6 nitrogen and oxygen atoms in total. The summed E-state index contributed by atoms with van der Waals surface area (Å²) in [4.78, 5) is 12.0. The molecule has 1 saturated carbocycles. The number of carbonyl (C=O) groups is 1. The molecule has 0 atom stereocenters. The summed E-state index contributed by atoms with van der Waals surface area (Å²) in [5, 5.41) is 2.67. The molecule has 0 aromatic heterocycles. The van der Waals surface area contributed by atoms with Gasteiger partial charge in [-0.3, -0.25) is 4.79 Å². The highest BCUT2D eigenvalue weighted by atomic mass is 32.2. The van der Waals surface area contributed by atoms with Gasteiger partial charge in [-0.05, 0) is 54.8 Å². The number of halogens is 1. The first-order chi connectivity index (χ1) is 13.4. The van der Waals surface area contributed by atoms with Crippen LogP contribution in [0.5, 0.6) is 5.75 Å². The maximum Gasteiger partial charge on any atom is 0.258 e. The van der Waals surface area contributed by atoms with E-state index in [9.17, 15) is 17.6 Å². The van der Waals surface area contributed by atoms with Gasteiger partial charge in [0.25, 0.3) is 5.91 Å². The highest BCUT2D eigenvalue weighted by molar-refractivity contribution is 7.89. The van der Waals surface area contributed by atoms with E-state index in [1.54, 1.807) is 12.1 Å². The van der Waals surface area contributed by atoms with Crippen molar-refractivity contribution in [3.05, 3.63) is 59.9 Å². The lowest BCUT2D eigenvalue weighted by Crippen LogP contribution is -2.32. The minimum absolute atomic E-state index is 0.00531. The fraction of sp³-hybridized carbons (Fsp3) is 0.350. The van der Waals surface area contributed by atoms with Crippen molar-refractivity contribution in [1.82, 2.24) is 10.0 Å². The number of sulfonamides is 1. The van der Waals surface area contributed by atoms with Gasteiger partial charge in [-0.1, -0.05) is 25.0 Å². The third-order valence-electron chi connectivity index (χ3n) is 4.58. The van der Waals surface area contributed by atoms with E-state index in [2.05, 4.69) is 10.0 Å². The van der Waals surface area contributed by atoms with Crippen LogP contribution in [0.4, 0.5) is 4.39 Å². The number of carbonyl (C=O) groups excluding carboxylic acids is 1. The molecule has 2 aromatic rings. The first-order valence-corrected chi connectivity index (χ1v) is 10.7. The van der Waals surface area contributed by atoms with Crippen molar-refractivity contribution in [3.63, 3.8) is 0 Å². The molecule has 8 heteroatoms. The second kappa shape index (κ2) is 9.16. The third-order valence-corrected chi connectivity index (χ3v) is 6.12. The zero-order valence-corrected chi connectivity index (χ0v) is 16.2. The lowest BCUT2D eigenvalue weighted by atomic mass is 10.2. The number of benzene rings is 2. The van der Waals surface area contributed by atoms with Crippen LogP contribution in [0.2, 0.25) is 0 Å². The molecule has 0 heterocycles. The molecule has 28 heavy (non-hydrogen) atoms. The molecule has 0 radical (unpaired) electrons. The number of rotatable bonds is 8. The maximum absolute atomic E-state index is 12.8. The summed E-state index contributed by atoms with van der Waals surface area (Å²) < 4.78 is 45.7. The Morgan fingerprint density at radius 2 is 1.68 bits per heavy atom. The van der Waals surface area contributed by atoms with Crippen LogP contribution in [-0.2, 0) is 21.4 Å². The van der Waals surface area contributed by atoms with Crippen molar-refractivity contribution in [3.8, 4) is 5.75 Å². The van der Waals surface area contributed by atoms with Crippen LogP contribution in [0.3, 0.4) is 0 Å². The van der Waals surface area contributed by atoms with Crippen LogP contribution in [0, 0.1) is 5.82 Å². The van der Waals surface area contributed by atoms with Crippen molar-refractivity contribution >= 4 is 15.9 Å². The Morgan fingerprint density at radius 1 is 1.04 bits per heavy atom. The van der Waals surface area contributed by atoms with E-state index in [0.717, 1.165) is 31.2 Å². The van der Waals surface area contributed by atoms with E-state index in [-0.39, 0.29) is 35.8 Å². The summed E-state index contributed by atoms with van der Waals surface area (Å²) in [7, 11) is -3.55. The topological polar surface area (TPSA) is 84.5 Å². The molecule has 2 N–H and O–H groups in total. The van der Waals surface area contributed by atoms with E-state index < -0.39 is 10.0 Å². The summed E-state index contributed by atoms with van der Waals surface area (Å²) >= 11 is 0. The highest BCUT2D eigenvalue weighted by Crippen LogP contribution is 2.21. The van der Waals surface area contributed by atoms with Crippen molar-refractivity contribution in [2.24, 2.45) is 0 Å². The SMILES string of the molecule is O=C(COc1ccc(S(=O)(=O)NC2CCCC2)cc1)NCc1ccc(F)cc1. The first kappa shape index (κ1) is 20.3. The average molecular weight is 406 g/mol. The van der Waals surface area contributed by atoms with E-state index in [1.807, 2.05) is 0 Å². The quantitative estimate of drug-likeness (QED) is 0.706. The largest absolute Gasteiger partial charge is 0.484 e. The van der Waals surface area contributed by atoms with Crippen LogP contribution in [-0.4, -0.2) is 27.0 Å². The van der Waals surface area contributed by atoms with Crippen LogP contribution in [0.15, 0.2) is 53.4 Å². The van der Waals surface area contributed by atoms with Crippen LogP contribution in [0.1, 0.15) is 31.2 Å². The number of hydrogen-bond donors (Lipinski definition) is 2. The van der Waals surface area contributed by atoms with E-state index >= 15 is 0 Å². The van der Waals surface area contributed by atoms with Crippen molar-refractivity contribution in [2.75, 3.05) is 6.61 Å². The fourth-order valence-corrected chi connectivity index (χ4v) is 4.35. The molecular weight excluding hydrogens is 383 g/mol. The Labute approximate surface area is 164 Å². The van der Waals surface area contributed by atoms with Crippen molar-refractivity contribution in [1.29, 1.82) is 0 Å². The molecule has 1 amide bonds. The summed E-state index contributed by atoms with van der Waals surface area (Å²) in [6, 6.07) is 11.8. The van der Waals surface area contributed by atoms with Crippen LogP contribution < -0.4 is 14.8 Å². The standard InChI is InChI=1S/C20H23FN2O4S/c21-16-7-5-15(6-8-16)13-22-20(24)14-27-18-9-11-19(12-10-18)28(25,26)23-17-3-1-2-4-17/h5-12,17,23H,1-4,13-14H2,(H,22,24). The number of amides is 1. The van der Waals surface area contributed by atoms with Gasteiger partial charge in [-0.25, -0.2) is 17.5 Å². The van der Waals surface area contributed by atoms with Gasteiger partial charge in [0.15, 0.2) is 6.61 Å². The summed E-state index contributed by atoms with van der Waals surface area (Å²) in [5.41, 5.74) is 0.777. The minimum Gasteiger partial charge on any atom is -0.484 e. The molecule has 0 spiro atoms. The molecule has 1 aliphatic carbocycles. The number of nitrogens with one attached hydrogen (secondary N) is 2. The van der Waals surface area contributed by atoms with Gasteiger partial charge < -0.3 is 10.1 Å². The van der Waals surface area contributed by atoms with Gasteiger partial charge in [0.05, 0.1) is 4.90 Å². The van der Waals surface area contributed by atoms with Crippen molar-refractivity contribution in [2.45, 2.75) is 43.2 Å². The molecule has 1 fully saturated rings. The highest BCUT2D eigenvalue weighted by Gasteiger charge is 2.22. The smallest absolute Gasteiger partial charge is 0.258 e. The summed E-state index contributed by atoms with van der Waals surface area (Å²) in [6.07, 6.45) is 3.83. The van der Waals surface area contributed by atoms with Gasteiger partial charge in [0.1, 0.15) is 11.6 Å². The molecule has 0 aliphatic heterocycles. The minimum atomic E-state index is -3.55. The monoisotopic (exact) mass is 406 g/mol. The van der Waals surface area contributed by atoms with E-state index in [4.69, 9.17) is 4.74 Å². The number of ether oxygens (including phenoxy) is 1.